The van der Waals surface area contributed by atoms with E-state index in [2.05, 4.69) is 24.3 Å². The molecule has 0 aromatic heterocycles. The molecule has 0 saturated carbocycles. The molecule has 0 amide bonds. The average Bonchev–Trinajstić information content (AvgIpc) is 2.67. The van der Waals surface area contributed by atoms with E-state index in [4.69, 9.17) is 0 Å². The second kappa shape index (κ2) is 5.58. The van der Waals surface area contributed by atoms with Crippen molar-refractivity contribution in [2.75, 3.05) is 11.5 Å². The van der Waals surface area contributed by atoms with Crippen LogP contribution in [-0.2, 0) is 4.79 Å². The van der Waals surface area contributed by atoms with Crippen molar-refractivity contribution in [2.45, 2.75) is 28.7 Å². The normalized spacial score (nSPS) is 22.3. The quantitative estimate of drug-likeness (QED) is 0.794. The highest BCUT2D eigenvalue weighted by atomic mass is 32.2. The number of ketones is 1. The third-order valence-electron chi connectivity index (χ3n) is 3.44. The molecule has 1 spiro atoms. The van der Waals surface area contributed by atoms with E-state index in [1.54, 1.807) is 11.8 Å². The minimum absolute atomic E-state index is 0.195. The zero-order chi connectivity index (χ0) is 13.3. The van der Waals surface area contributed by atoms with Crippen LogP contribution in [0.2, 0.25) is 0 Å². The fraction of sp³-hybridized carbons (Fsp3) is 0.400. The maximum Gasteiger partial charge on any atom is 0.185 e. The zero-order valence-electron chi connectivity index (χ0n) is 10.8. The summed E-state index contributed by atoms with van der Waals surface area (Å²) in [6, 6.07) is 10.4. The van der Waals surface area contributed by atoms with Gasteiger partial charge in [-0.15, -0.1) is 23.5 Å². The van der Waals surface area contributed by atoms with Crippen LogP contribution in [0.4, 0.5) is 0 Å². The Labute approximate surface area is 127 Å². The zero-order valence-corrected chi connectivity index (χ0v) is 13.3. The highest BCUT2D eigenvalue weighted by Crippen LogP contribution is 2.55. The Morgan fingerprint density at radius 2 is 1.84 bits per heavy atom. The summed E-state index contributed by atoms with van der Waals surface area (Å²) >= 11 is 5.48. The van der Waals surface area contributed by atoms with Gasteiger partial charge in [0.15, 0.2) is 5.78 Å². The highest BCUT2D eigenvalue weighted by molar-refractivity contribution is 8.20. The lowest BCUT2D eigenvalue weighted by Crippen LogP contribution is -2.31. The molecule has 0 bridgehead atoms. The molecule has 0 radical (unpaired) electrons. The molecule has 1 fully saturated rings. The molecule has 1 heterocycles. The van der Waals surface area contributed by atoms with E-state index in [1.165, 1.54) is 16.2 Å². The first-order valence-corrected chi connectivity index (χ1v) is 9.25. The first-order chi connectivity index (χ1) is 9.21. The van der Waals surface area contributed by atoms with Crippen LogP contribution in [0.3, 0.4) is 0 Å². The van der Waals surface area contributed by atoms with Gasteiger partial charge in [0.1, 0.15) is 4.08 Å². The fourth-order valence-corrected chi connectivity index (χ4v) is 7.00. The van der Waals surface area contributed by atoms with Gasteiger partial charge in [-0.3, -0.25) is 4.79 Å². The van der Waals surface area contributed by atoms with Crippen LogP contribution < -0.4 is 0 Å². The third-order valence-corrected chi connectivity index (χ3v) is 7.93. The summed E-state index contributed by atoms with van der Waals surface area (Å²) in [5, 5.41) is 0. The molecule has 0 N–H and O–H groups in total. The largest absolute Gasteiger partial charge is 0.292 e. The third kappa shape index (κ3) is 2.63. The van der Waals surface area contributed by atoms with Crippen LogP contribution in [0.25, 0.3) is 0 Å². The summed E-state index contributed by atoms with van der Waals surface area (Å²) in [6.45, 7) is 2.00. The molecule has 2 aliphatic rings. The van der Waals surface area contributed by atoms with Crippen molar-refractivity contribution >= 4 is 41.1 Å². The van der Waals surface area contributed by atoms with Gasteiger partial charge in [0.05, 0.1) is 0 Å². The van der Waals surface area contributed by atoms with Gasteiger partial charge in [0.25, 0.3) is 0 Å². The first-order valence-electron chi connectivity index (χ1n) is 6.47. The van der Waals surface area contributed by atoms with Crippen molar-refractivity contribution in [3.63, 3.8) is 0 Å². The maximum atomic E-state index is 12.6. The summed E-state index contributed by atoms with van der Waals surface area (Å²) in [7, 11) is 0. The minimum atomic E-state index is -0.195. The minimum Gasteiger partial charge on any atom is -0.292 e. The van der Waals surface area contributed by atoms with Crippen LogP contribution >= 0.6 is 35.3 Å². The Morgan fingerprint density at radius 1 is 1.16 bits per heavy atom. The van der Waals surface area contributed by atoms with E-state index in [0.29, 0.717) is 5.78 Å². The number of hydrogen-bond donors (Lipinski definition) is 0. The lowest BCUT2D eigenvalue weighted by Gasteiger charge is -2.30. The summed E-state index contributed by atoms with van der Waals surface area (Å²) < 4.78 is -0.195. The molecule has 1 saturated heterocycles. The van der Waals surface area contributed by atoms with E-state index in [1.807, 2.05) is 36.5 Å². The second-order valence-corrected chi connectivity index (χ2v) is 8.99. The van der Waals surface area contributed by atoms with Crippen LogP contribution in [0.5, 0.6) is 0 Å². The molecule has 1 aromatic carbocycles. The Kier molecular flexibility index (Phi) is 4.01. The molecule has 1 aliphatic heterocycles. The summed E-state index contributed by atoms with van der Waals surface area (Å²) in [6.07, 6.45) is 2.14. The van der Waals surface area contributed by atoms with Crippen molar-refractivity contribution < 1.29 is 4.79 Å². The monoisotopic (exact) mass is 308 g/mol. The molecular formula is C15H16OS3. The fourth-order valence-electron chi connectivity index (χ4n) is 2.39. The Balaban J connectivity index is 1.81. The van der Waals surface area contributed by atoms with Crippen molar-refractivity contribution in [2.24, 2.45) is 0 Å². The molecule has 1 aromatic rings. The van der Waals surface area contributed by atoms with E-state index < -0.39 is 0 Å². The van der Waals surface area contributed by atoms with Crippen molar-refractivity contribution in [3.05, 3.63) is 40.8 Å². The molecule has 1 aliphatic carbocycles. The van der Waals surface area contributed by atoms with E-state index in [-0.39, 0.29) is 4.08 Å². The van der Waals surface area contributed by atoms with Gasteiger partial charge in [-0.2, -0.15) is 0 Å². The maximum absolute atomic E-state index is 12.6. The van der Waals surface area contributed by atoms with E-state index in [0.717, 1.165) is 23.5 Å². The predicted molar refractivity (Wildman–Crippen MR) is 86.9 cm³/mol. The van der Waals surface area contributed by atoms with Crippen LogP contribution in [0.15, 0.2) is 45.7 Å². The van der Waals surface area contributed by atoms with Crippen LogP contribution in [-0.4, -0.2) is 21.4 Å². The van der Waals surface area contributed by atoms with E-state index >= 15 is 0 Å². The van der Waals surface area contributed by atoms with Gasteiger partial charge in [-0.05, 0) is 41.9 Å². The number of allylic oxidation sites excluding steroid dienone is 2. The number of carbonyl (C=O) groups is 1. The number of benzene rings is 1. The Morgan fingerprint density at radius 3 is 2.53 bits per heavy atom. The standard InChI is InChI=1S/C15H16OS3/c1-11-13(19-12-6-3-2-4-7-12)10-15(14(11)16)17-8-5-9-18-15/h2-4,6-7H,5,8-10H2,1H3. The highest BCUT2D eigenvalue weighted by Gasteiger charge is 2.47. The molecular weight excluding hydrogens is 292 g/mol. The van der Waals surface area contributed by atoms with Gasteiger partial charge in [0, 0.05) is 16.9 Å². The van der Waals surface area contributed by atoms with Crippen molar-refractivity contribution in [1.29, 1.82) is 0 Å². The summed E-state index contributed by atoms with van der Waals surface area (Å²) in [5.74, 6) is 2.60. The number of thioether (sulfide) groups is 3. The SMILES string of the molecule is CC1=C(Sc2ccccc2)CC2(SCCCS2)C1=O. The molecule has 19 heavy (non-hydrogen) atoms. The van der Waals surface area contributed by atoms with Gasteiger partial charge < -0.3 is 0 Å². The molecule has 1 nitrogen and oxygen atoms in total. The van der Waals surface area contributed by atoms with Gasteiger partial charge >= 0.3 is 0 Å². The number of rotatable bonds is 2. The topological polar surface area (TPSA) is 17.1 Å². The first kappa shape index (κ1) is 13.7. The van der Waals surface area contributed by atoms with Crippen LogP contribution in [0, 0.1) is 0 Å². The molecule has 0 atom stereocenters. The summed E-state index contributed by atoms with van der Waals surface area (Å²) in [5.41, 5.74) is 0.982. The second-order valence-electron chi connectivity index (χ2n) is 4.77. The molecule has 4 heteroatoms. The average molecular weight is 308 g/mol. The van der Waals surface area contributed by atoms with E-state index in [9.17, 15) is 4.79 Å². The van der Waals surface area contributed by atoms with Gasteiger partial charge in [-0.1, -0.05) is 30.0 Å². The predicted octanol–water partition coefficient (Wildman–Crippen LogP) is 4.59. The number of Topliss-reactive ketones (excluding diaryl/α,β-unsaturated/α-hetero) is 1. The smallest absolute Gasteiger partial charge is 0.185 e. The lowest BCUT2D eigenvalue weighted by molar-refractivity contribution is -0.115. The van der Waals surface area contributed by atoms with Gasteiger partial charge in [-0.25, -0.2) is 0 Å². The number of hydrogen-bond acceptors (Lipinski definition) is 4. The van der Waals surface area contributed by atoms with Crippen molar-refractivity contribution in [3.8, 4) is 0 Å². The van der Waals surface area contributed by atoms with Gasteiger partial charge in [0.2, 0.25) is 0 Å². The molecule has 100 valence electrons. The number of carbonyl (C=O) groups excluding carboxylic acids is 1. The Bertz CT molecular complexity index is 515. The molecule has 0 unspecified atom stereocenters. The Hall–Kier alpha value is -0.320. The summed E-state index contributed by atoms with van der Waals surface area (Å²) in [4.78, 5) is 15.1. The van der Waals surface area contributed by atoms with Crippen molar-refractivity contribution in [1.82, 2.24) is 0 Å². The molecule has 3 rings (SSSR count). The lowest BCUT2D eigenvalue weighted by atomic mass is 10.2. The van der Waals surface area contributed by atoms with Crippen LogP contribution in [0.1, 0.15) is 19.8 Å².